The summed E-state index contributed by atoms with van der Waals surface area (Å²) in [5.41, 5.74) is -6.22. The first kappa shape index (κ1) is 28.5. The van der Waals surface area contributed by atoms with Crippen molar-refractivity contribution >= 4 is 14.5 Å². The molecule has 2 saturated carbocycles. The fourth-order valence-electron chi connectivity index (χ4n) is 8.38. The Kier molecular flexibility index (Phi) is 6.18. The fourth-order valence-corrected chi connectivity index (χ4v) is 9.79. The number of hydrogen-bond acceptors (Lipinski definition) is 10. The number of hydrogen-bond donors (Lipinski definition) is 5. The van der Waals surface area contributed by atoms with Crippen LogP contribution >= 0.6 is 0 Å². The monoisotopic (exact) mass is 556 g/mol. The molecule has 5 fully saturated rings. The predicted octanol–water partition coefficient (Wildman–Crippen LogP) is 1.48. The van der Waals surface area contributed by atoms with Crippen molar-refractivity contribution in [1.82, 2.24) is 0 Å². The zero-order valence-electron chi connectivity index (χ0n) is 23.4. The van der Waals surface area contributed by atoms with Gasteiger partial charge in [0.1, 0.15) is 23.4 Å². The van der Waals surface area contributed by atoms with Gasteiger partial charge in [-0.05, 0) is 49.4 Å². The summed E-state index contributed by atoms with van der Waals surface area (Å²) < 4.78 is 24.7. The lowest BCUT2D eigenvalue weighted by molar-refractivity contribution is -0.347. The fraction of sp³-hybridized carbons (Fsp3) is 0.889. The van der Waals surface area contributed by atoms with Crippen molar-refractivity contribution in [2.75, 3.05) is 13.2 Å². The van der Waals surface area contributed by atoms with E-state index in [2.05, 4.69) is 40.4 Å². The van der Waals surface area contributed by atoms with Gasteiger partial charge in [0.25, 0.3) is 0 Å². The summed E-state index contributed by atoms with van der Waals surface area (Å²) in [4.78, 5) is 12.5. The second-order valence-electron chi connectivity index (χ2n) is 14.0. The van der Waals surface area contributed by atoms with Crippen LogP contribution in [-0.4, -0.2) is 100 Å². The van der Waals surface area contributed by atoms with Gasteiger partial charge in [0.15, 0.2) is 20.0 Å². The topological polar surface area (TPSA) is 155 Å². The third-order valence-corrected chi connectivity index (χ3v) is 15.6. The van der Waals surface area contributed by atoms with Crippen LogP contribution in [0.5, 0.6) is 0 Å². The van der Waals surface area contributed by atoms with Gasteiger partial charge in [0, 0.05) is 17.8 Å². The van der Waals surface area contributed by atoms with Gasteiger partial charge in [0.05, 0.1) is 24.9 Å². The molecular formula is C27H44O10Si. The molecule has 3 aliphatic heterocycles. The Morgan fingerprint density at radius 1 is 1.24 bits per heavy atom. The SMILES string of the molecule is C=C(C)[C@@]12OC(=O)O[C@@H]1[C@@H]1C[C@]3(CO)O[C@@]1([C@H](CO)[C@H]2O)[C@@H]1C[C@H](C)[C@H](O[Si](C)(C)C(C)(C)C)[C@@]1(O)[C@@H]3O. The van der Waals surface area contributed by atoms with Gasteiger partial charge in [0.2, 0.25) is 0 Å². The first-order valence-corrected chi connectivity index (χ1v) is 16.6. The quantitative estimate of drug-likeness (QED) is 0.191. The van der Waals surface area contributed by atoms with Crippen LogP contribution in [0, 0.1) is 23.7 Å². The Labute approximate surface area is 225 Å². The van der Waals surface area contributed by atoms with Crippen LogP contribution in [0.15, 0.2) is 12.2 Å². The highest BCUT2D eigenvalue weighted by molar-refractivity contribution is 6.74. The summed E-state index contributed by atoms with van der Waals surface area (Å²) in [7, 11) is -2.44. The first-order valence-electron chi connectivity index (χ1n) is 13.6. The molecule has 0 radical (unpaired) electrons. The molecule has 12 atom stereocenters. The molecular weight excluding hydrogens is 512 g/mol. The highest BCUT2D eigenvalue weighted by Crippen LogP contribution is 2.71. The van der Waals surface area contributed by atoms with Crippen LogP contribution in [0.2, 0.25) is 18.1 Å². The normalized spacial score (nSPS) is 51.6. The Bertz CT molecular complexity index is 1030. The second-order valence-corrected chi connectivity index (χ2v) is 18.8. The zero-order valence-corrected chi connectivity index (χ0v) is 24.4. The van der Waals surface area contributed by atoms with E-state index in [1.165, 1.54) is 0 Å². The molecule has 2 bridgehead atoms. The molecule has 216 valence electrons. The van der Waals surface area contributed by atoms with E-state index in [-0.39, 0.29) is 17.4 Å². The molecule has 0 unspecified atom stereocenters. The first-order chi connectivity index (χ1) is 17.4. The number of carbonyl (C=O) groups excluding carboxylic acids is 1. The summed E-state index contributed by atoms with van der Waals surface area (Å²) in [6.07, 6.45) is -5.42. The highest BCUT2D eigenvalue weighted by Gasteiger charge is 2.85. The summed E-state index contributed by atoms with van der Waals surface area (Å²) >= 11 is 0. The van der Waals surface area contributed by atoms with E-state index in [1.807, 2.05) is 6.92 Å². The summed E-state index contributed by atoms with van der Waals surface area (Å²) in [6, 6.07) is 0. The second kappa shape index (κ2) is 8.25. The Hall–Kier alpha value is -1.05. The minimum Gasteiger partial charge on any atom is -0.426 e. The van der Waals surface area contributed by atoms with Gasteiger partial charge in [-0.3, -0.25) is 0 Å². The Balaban J connectivity index is 1.71. The third-order valence-electron chi connectivity index (χ3n) is 11.2. The van der Waals surface area contributed by atoms with Crippen LogP contribution in [0.4, 0.5) is 4.79 Å². The largest absolute Gasteiger partial charge is 0.509 e. The van der Waals surface area contributed by atoms with E-state index in [1.54, 1.807) is 6.92 Å². The van der Waals surface area contributed by atoms with Crippen molar-refractivity contribution < 1.29 is 49.0 Å². The number of rotatable bonds is 5. The lowest BCUT2D eigenvalue weighted by Crippen LogP contribution is -2.78. The smallest absolute Gasteiger partial charge is 0.426 e. The molecule has 3 saturated heterocycles. The molecule has 0 aromatic heterocycles. The molecule has 5 N–H and O–H groups in total. The van der Waals surface area contributed by atoms with Gasteiger partial charge in [-0.2, -0.15) is 0 Å². The molecule has 10 nitrogen and oxygen atoms in total. The van der Waals surface area contributed by atoms with E-state index in [4.69, 9.17) is 18.6 Å². The van der Waals surface area contributed by atoms with Gasteiger partial charge >= 0.3 is 6.16 Å². The van der Waals surface area contributed by atoms with E-state index >= 15 is 0 Å². The van der Waals surface area contributed by atoms with Gasteiger partial charge in [-0.25, -0.2) is 4.79 Å². The maximum Gasteiger partial charge on any atom is 0.509 e. The lowest BCUT2D eigenvalue weighted by atomic mass is 9.53. The maximum absolute atomic E-state index is 12.7. The number of carbonyl (C=O) groups is 1. The Morgan fingerprint density at radius 2 is 1.87 bits per heavy atom. The number of ether oxygens (including phenoxy) is 3. The number of aliphatic hydroxyl groups is 5. The highest BCUT2D eigenvalue weighted by atomic mass is 28.4. The van der Waals surface area contributed by atoms with Crippen LogP contribution in [0.25, 0.3) is 0 Å². The van der Waals surface area contributed by atoms with Crippen LogP contribution in [-0.2, 0) is 18.6 Å². The predicted molar refractivity (Wildman–Crippen MR) is 138 cm³/mol. The summed E-state index contributed by atoms with van der Waals surface area (Å²) in [6.45, 7) is 16.8. The molecule has 0 aromatic rings. The zero-order chi connectivity index (χ0) is 28.4. The average Bonchev–Trinajstić information content (AvgIpc) is 3.42. The van der Waals surface area contributed by atoms with Gasteiger partial charge in [-0.15, -0.1) is 0 Å². The minimum atomic E-state index is -2.44. The molecule has 3 heterocycles. The standard InChI is InChI=1S/C27H44O10Si/c1-13(2)26-18(30)16(11-28)27-15(20(26)34-22(32)35-26)10-24(12-29,37-27)21(31)25(33)17(27)9-14(3)19(25)36-38(7,8)23(4,5)6/h14-21,28-31,33H,1,9-12H2,2-8H3/t14-,15-,16+,17+,18+,19-,20+,21+,24+,25+,26-,27-/m0/s1. The van der Waals surface area contributed by atoms with Crippen molar-refractivity contribution in [3.63, 3.8) is 0 Å². The molecule has 11 heteroatoms. The van der Waals surface area contributed by atoms with Crippen molar-refractivity contribution in [3.05, 3.63) is 12.2 Å². The molecule has 5 aliphatic rings. The van der Waals surface area contributed by atoms with Crippen molar-refractivity contribution in [1.29, 1.82) is 0 Å². The lowest BCUT2D eigenvalue weighted by Gasteiger charge is -2.62. The maximum atomic E-state index is 12.7. The van der Waals surface area contributed by atoms with E-state index in [0.717, 1.165) is 0 Å². The third kappa shape index (κ3) is 3.10. The van der Waals surface area contributed by atoms with Gasteiger partial charge < -0.3 is 44.2 Å². The van der Waals surface area contributed by atoms with Crippen LogP contribution in [0.1, 0.15) is 47.5 Å². The molecule has 5 rings (SSSR count). The van der Waals surface area contributed by atoms with E-state index in [0.29, 0.717) is 12.0 Å². The van der Waals surface area contributed by atoms with Crippen LogP contribution < -0.4 is 0 Å². The average molecular weight is 557 g/mol. The minimum absolute atomic E-state index is 0.0181. The summed E-state index contributed by atoms with van der Waals surface area (Å²) in [5.74, 6) is -2.76. The number of fused-ring (bicyclic) bond motifs is 4. The molecule has 38 heavy (non-hydrogen) atoms. The van der Waals surface area contributed by atoms with E-state index < -0.39 is 92.3 Å². The van der Waals surface area contributed by atoms with Gasteiger partial charge in [-0.1, -0.05) is 34.3 Å². The van der Waals surface area contributed by atoms with Crippen molar-refractivity contribution in [3.8, 4) is 0 Å². The molecule has 0 aromatic carbocycles. The van der Waals surface area contributed by atoms with E-state index in [9.17, 15) is 30.3 Å². The molecule has 2 aliphatic carbocycles. The van der Waals surface area contributed by atoms with Crippen molar-refractivity contribution in [2.24, 2.45) is 23.7 Å². The number of aliphatic hydroxyl groups excluding tert-OH is 4. The van der Waals surface area contributed by atoms with Crippen LogP contribution in [0.3, 0.4) is 0 Å². The molecule has 1 spiro atoms. The molecule has 0 amide bonds. The Morgan fingerprint density at radius 3 is 2.39 bits per heavy atom. The summed E-state index contributed by atoms with van der Waals surface area (Å²) in [5, 5.41) is 57.7. The van der Waals surface area contributed by atoms with Crippen molar-refractivity contribution in [2.45, 2.75) is 112 Å².